The maximum absolute atomic E-state index is 13.8. The summed E-state index contributed by atoms with van der Waals surface area (Å²) in [6, 6.07) is 0.0861. The smallest absolute Gasteiger partial charge is 0.308 e. The molecule has 9 heteroatoms. The first-order valence-electron chi connectivity index (χ1n) is 5.92. The van der Waals surface area contributed by atoms with Gasteiger partial charge in [-0.1, -0.05) is 6.92 Å². The number of nitrogens with zero attached hydrogens (tertiary/aromatic N) is 1. The largest absolute Gasteiger partial charge is 0.481 e. The summed E-state index contributed by atoms with van der Waals surface area (Å²) in [5.74, 6) is -4.89. The third-order valence-corrected chi connectivity index (χ3v) is 2.71. The van der Waals surface area contributed by atoms with Crippen molar-refractivity contribution < 1.29 is 28.4 Å². The molecule has 1 unspecified atom stereocenters. The lowest BCUT2D eigenvalue weighted by molar-refractivity contribution is -0.387. The molecule has 1 atom stereocenters. The van der Waals surface area contributed by atoms with Gasteiger partial charge in [-0.3, -0.25) is 19.7 Å². The fraction of sp³-hybridized carbons (Fsp3) is 0.333. The molecule has 21 heavy (non-hydrogen) atoms. The molecular weight excluding hydrogens is 290 g/mol. The normalized spacial score (nSPS) is 11.8. The van der Waals surface area contributed by atoms with E-state index < -0.39 is 52.1 Å². The summed E-state index contributed by atoms with van der Waals surface area (Å²) in [6.07, 6.45) is -0.154. The fourth-order valence-corrected chi connectivity index (χ4v) is 1.64. The summed E-state index contributed by atoms with van der Waals surface area (Å²) in [4.78, 5) is 31.8. The van der Waals surface area contributed by atoms with Crippen LogP contribution >= 0.6 is 0 Å². The molecule has 2 N–H and O–H groups in total. The highest BCUT2D eigenvalue weighted by molar-refractivity contribution is 5.95. The van der Waals surface area contributed by atoms with Gasteiger partial charge in [0, 0.05) is 6.04 Å². The van der Waals surface area contributed by atoms with Gasteiger partial charge in [-0.25, -0.2) is 4.39 Å². The molecule has 1 rings (SSSR count). The lowest BCUT2D eigenvalue weighted by atomic mass is 10.1. The summed E-state index contributed by atoms with van der Waals surface area (Å²) in [5.41, 5.74) is -2.00. The van der Waals surface area contributed by atoms with Crippen LogP contribution in [0.4, 0.5) is 14.5 Å². The Morgan fingerprint density at radius 2 is 2.05 bits per heavy atom. The van der Waals surface area contributed by atoms with Gasteiger partial charge < -0.3 is 10.4 Å². The molecule has 0 radical (unpaired) electrons. The summed E-state index contributed by atoms with van der Waals surface area (Å²) < 4.78 is 27.0. The molecule has 1 amide bonds. The number of hydrogen-bond donors (Lipinski definition) is 2. The van der Waals surface area contributed by atoms with E-state index in [0.717, 1.165) is 0 Å². The monoisotopic (exact) mass is 302 g/mol. The molecule has 1 aromatic rings. The number of carbonyl (C=O) groups excluding carboxylic acids is 1. The van der Waals surface area contributed by atoms with Crippen LogP contribution in [0.5, 0.6) is 0 Å². The molecule has 0 aliphatic carbocycles. The van der Waals surface area contributed by atoms with E-state index in [2.05, 4.69) is 5.32 Å². The zero-order chi connectivity index (χ0) is 16.2. The first-order chi connectivity index (χ1) is 9.76. The molecule has 0 spiro atoms. The topological polar surface area (TPSA) is 110 Å². The van der Waals surface area contributed by atoms with E-state index in [1.54, 1.807) is 6.92 Å². The van der Waals surface area contributed by atoms with E-state index in [1.165, 1.54) is 0 Å². The molecule has 0 heterocycles. The van der Waals surface area contributed by atoms with Crippen molar-refractivity contribution in [2.45, 2.75) is 25.8 Å². The van der Waals surface area contributed by atoms with Crippen LogP contribution < -0.4 is 5.32 Å². The van der Waals surface area contributed by atoms with Gasteiger partial charge in [-0.15, -0.1) is 0 Å². The number of carbonyl (C=O) groups is 2. The number of rotatable bonds is 6. The molecule has 7 nitrogen and oxygen atoms in total. The van der Waals surface area contributed by atoms with Crippen LogP contribution in [0.1, 0.15) is 30.1 Å². The maximum Gasteiger partial charge on any atom is 0.308 e. The van der Waals surface area contributed by atoms with Crippen molar-refractivity contribution in [3.63, 3.8) is 0 Å². The predicted molar refractivity (Wildman–Crippen MR) is 66.8 cm³/mol. The lowest BCUT2D eigenvalue weighted by Crippen LogP contribution is -2.36. The van der Waals surface area contributed by atoms with Crippen LogP contribution in [0.2, 0.25) is 0 Å². The highest BCUT2D eigenvalue weighted by atomic mass is 19.1. The van der Waals surface area contributed by atoms with Gasteiger partial charge >= 0.3 is 11.7 Å². The number of hydrogen-bond acceptors (Lipinski definition) is 4. The Hall–Kier alpha value is -2.58. The van der Waals surface area contributed by atoms with Gasteiger partial charge in [0.1, 0.15) is 5.82 Å². The van der Waals surface area contributed by atoms with Gasteiger partial charge in [0.15, 0.2) is 0 Å². The van der Waals surface area contributed by atoms with Crippen LogP contribution in [-0.4, -0.2) is 27.9 Å². The number of carboxylic acids is 1. The minimum Gasteiger partial charge on any atom is -0.481 e. The molecule has 0 bridgehead atoms. The number of nitro groups is 1. The average Bonchev–Trinajstić information content (AvgIpc) is 2.39. The molecule has 0 saturated heterocycles. The van der Waals surface area contributed by atoms with E-state index in [4.69, 9.17) is 5.11 Å². The zero-order valence-corrected chi connectivity index (χ0v) is 10.9. The minimum absolute atomic E-state index is 0.247. The third kappa shape index (κ3) is 4.20. The molecule has 0 aliphatic heterocycles. The molecule has 0 aliphatic rings. The van der Waals surface area contributed by atoms with Gasteiger partial charge in [-0.2, -0.15) is 4.39 Å². The molecular formula is C12H12F2N2O5. The van der Waals surface area contributed by atoms with Crippen LogP contribution in [-0.2, 0) is 4.79 Å². The number of carboxylic acid groups (broad SMARTS) is 1. The fourth-order valence-electron chi connectivity index (χ4n) is 1.64. The molecule has 0 fully saturated rings. The Morgan fingerprint density at radius 1 is 1.43 bits per heavy atom. The summed E-state index contributed by atoms with van der Waals surface area (Å²) >= 11 is 0. The molecule has 0 aromatic heterocycles. The number of nitrogens with one attached hydrogen (secondary N) is 1. The van der Waals surface area contributed by atoms with Gasteiger partial charge in [0.05, 0.1) is 23.0 Å². The van der Waals surface area contributed by atoms with Gasteiger partial charge in [-0.05, 0) is 12.5 Å². The molecule has 0 saturated carbocycles. The Balaban J connectivity index is 3.07. The number of amides is 1. The Labute approximate surface area is 117 Å². The number of aliphatic carboxylic acids is 1. The second-order valence-electron chi connectivity index (χ2n) is 4.22. The average molecular weight is 302 g/mol. The van der Waals surface area contributed by atoms with Crippen LogP contribution in [0.25, 0.3) is 0 Å². The molecule has 114 valence electrons. The summed E-state index contributed by atoms with van der Waals surface area (Å²) in [5, 5.41) is 21.4. The van der Waals surface area contributed by atoms with E-state index >= 15 is 0 Å². The van der Waals surface area contributed by atoms with E-state index in [0.29, 0.717) is 12.1 Å². The Morgan fingerprint density at radius 3 is 2.52 bits per heavy atom. The van der Waals surface area contributed by atoms with Crippen molar-refractivity contribution in [1.29, 1.82) is 0 Å². The standard InChI is InChI=1S/C12H12F2N2O5/c1-2-7(5-10(17)18)15-12(19)8-3-6(13)4-9(11(8)14)16(20)21/h3-4,7H,2,5H2,1H3,(H,15,19)(H,17,18). The molecule has 1 aromatic carbocycles. The second kappa shape index (κ2) is 6.73. The first kappa shape index (κ1) is 16.5. The van der Waals surface area contributed by atoms with E-state index in [-0.39, 0.29) is 6.42 Å². The number of nitro benzene ring substituents is 1. The van der Waals surface area contributed by atoms with Crippen LogP contribution in [0.3, 0.4) is 0 Å². The first-order valence-corrected chi connectivity index (χ1v) is 5.92. The van der Waals surface area contributed by atoms with E-state index in [9.17, 15) is 28.5 Å². The van der Waals surface area contributed by atoms with Crippen molar-refractivity contribution in [1.82, 2.24) is 5.32 Å². The van der Waals surface area contributed by atoms with Crippen molar-refractivity contribution in [2.24, 2.45) is 0 Å². The third-order valence-electron chi connectivity index (χ3n) is 2.71. The van der Waals surface area contributed by atoms with Crippen molar-refractivity contribution in [3.05, 3.63) is 39.4 Å². The van der Waals surface area contributed by atoms with Crippen LogP contribution in [0.15, 0.2) is 12.1 Å². The van der Waals surface area contributed by atoms with E-state index in [1.807, 2.05) is 0 Å². The van der Waals surface area contributed by atoms with Crippen molar-refractivity contribution in [3.8, 4) is 0 Å². The zero-order valence-electron chi connectivity index (χ0n) is 10.9. The van der Waals surface area contributed by atoms with Gasteiger partial charge in [0.25, 0.3) is 5.91 Å². The van der Waals surface area contributed by atoms with Crippen LogP contribution in [0, 0.1) is 21.7 Å². The number of benzene rings is 1. The summed E-state index contributed by atoms with van der Waals surface area (Å²) in [6.45, 7) is 1.60. The Bertz CT molecular complexity index is 591. The highest BCUT2D eigenvalue weighted by Gasteiger charge is 2.25. The summed E-state index contributed by atoms with van der Waals surface area (Å²) in [7, 11) is 0. The van der Waals surface area contributed by atoms with Crippen molar-refractivity contribution in [2.75, 3.05) is 0 Å². The maximum atomic E-state index is 13.8. The number of halogens is 2. The van der Waals surface area contributed by atoms with Gasteiger partial charge in [0.2, 0.25) is 5.82 Å². The minimum atomic E-state index is -1.47. The quantitative estimate of drug-likeness (QED) is 0.615. The second-order valence-corrected chi connectivity index (χ2v) is 4.22. The van der Waals surface area contributed by atoms with Crippen molar-refractivity contribution >= 4 is 17.6 Å². The SMILES string of the molecule is CCC(CC(=O)O)NC(=O)c1cc(F)cc([N+](=O)[O-])c1F. The predicted octanol–water partition coefficient (Wildman–Crippen LogP) is 1.86. The Kier molecular flexibility index (Phi) is 5.28. The highest BCUT2D eigenvalue weighted by Crippen LogP contribution is 2.22. The lowest BCUT2D eigenvalue weighted by Gasteiger charge is -2.15.